The van der Waals surface area contributed by atoms with Gasteiger partial charge in [0.2, 0.25) is 0 Å². The Balaban J connectivity index is 1.76. The van der Waals surface area contributed by atoms with Crippen molar-refractivity contribution in [3.05, 3.63) is 35.9 Å². The third-order valence-corrected chi connectivity index (χ3v) is 5.40. The van der Waals surface area contributed by atoms with E-state index in [4.69, 9.17) is 9.97 Å². The number of hydrogen-bond acceptors (Lipinski definition) is 5. The first-order chi connectivity index (χ1) is 12.5. The van der Waals surface area contributed by atoms with Gasteiger partial charge in [0.05, 0.1) is 18.0 Å². The Kier molecular flexibility index (Phi) is 4.15. The summed E-state index contributed by atoms with van der Waals surface area (Å²) in [5.74, 6) is 0.823. The molecule has 6 nitrogen and oxygen atoms in total. The standard InChI is InChI=1S/C20H25N5O/c1-13-17(14-4-8-21-18-15(14)5-9-22-18)24-16(12-26)19(23-13)25-10-6-20(2,3)7-11-25/h4-5,8-9,26H,6-7,10-12H2,1-3H3,(H,21,22). The number of piperidine rings is 1. The van der Waals surface area contributed by atoms with Gasteiger partial charge in [-0.2, -0.15) is 0 Å². The van der Waals surface area contributed by atoms with Gasteiger partial charge >= 0.3 is 0 Å². The summed E-state index contributed by atoms with van der Waals surface area (Å²) in [6.45, 7) is 8.39. The molecule has 0 bridgehead atoms. The second-order valence-corrected chi connectivity index (χ2v) is 7.84. The number of aromatic amines is 1. The van der Waals surface area contributed by atoms with Gasteiger partial charge in [-0.05, 0) is 37.3 Å². The first-order valence-corrected chi connectivity index (χ1v) is 9.14. The molecule has 136 valence electrons. The lowest BCUT2D eigenvalue weighted by atomic mass is 9.82. The summed E-state index contributed by atoms with van der Waals surface area (Å²) in [6.07, 6.45) is 5.89. The van der Waals surface area contributed by atoms with Gasteiger partial charge in [-0.3, -0.25) is 0 Å². The number of aromatic nitrogens is 4. The fourth-order valence-electron chi connectivity index (χ4n) is 3.65. The molecule has 0 radical (unpaired) electrons. The van der Waals surface area contributed by atoms with Gasteiger partial charge in [0.15, 0.2) is 5.82 Å². The van der Waals surface area contributed by atoms with Crippen molar-refractivity contribution in [3.8, 4) is 11.3 Å². The van der Waals surface area contributed by atoms with Crippen molar-refractivity contribution < 1.29 is 5.11 Å². The maximum atomic E-state index is 9.94. The van der Waals surface area contributed by atoms with E-state index >= 15 is 0 Å². The molecule has 4 heterocycles. The van der Waals surface area contributed by atoms with Crippen LogP contribution in [0.2, 0.25) is 0 Å². The molecule has 1 fully saturated rings. The van der Waals surface area contributed by atoms with Crippen molar-refractivity contribution in [2.75, 3.05) is 18.0 Å². The van der Waals surface area contributed by atoms with E-state index in [9.17, 15) is 5.11 Å². The summed E-state index contributed by atoms with van der Waals surface area (Å²) in [7, 11) is 0. The molecule has 2 N–H and O–H groups in total. The minimum atomic E-state index is -0.114. The van der Waals surface area contributed by atoms with Crippen LogP contribution in [0.1, 0.15) is 38.1 Å². The molecule has 6 heteroatoms. The molecule has 26 heavy (non-hydrogen) atoms. The number of H-pyrrole nitrogens is 1. The molecule has 0 spiro atoms. The first-order valence-electron chi connectivity index (χ1n) is 9.14. The third-order valence-electron chi connectivity index (χ3n) is 5.40. The monoisotopic (exact) mass is 351 g/mol. The average Bonchev–Trinajstić information content (AvgIpc) is 3.10. The van der Waals surface area contributed by atoms with Crippen molar-refractivity contribution in [2.45, 2.75) is 40.2 Å². The van der Waals surface area contributed by atoms with Gasteiger partial charge in [-0.25, -0.2) is 15.0 Å². The van der Waals surface area contributed by atoms with Gasteiger partial charge in [0, 0.05) is 36.4 Å². The molecule has 0 unspecified atom stereocenters. The average molecular weight is 351 g/mol. The van der Waals surface area contributed by atoms with Crippen LogP contribution < -0.4 is 4.90 Å². The normalized spacial score (nSPS) is 17.0. The van der Waals surface area contributed by atoms with Crippen LogP contribution in [0.25, 0.3) is 22.3 Å². The zero-order chi connectivity index (χ0) is 18.3. The number of anilines is 1. The Morgan fingerprint density at radius 3 is 2.69 bits per heavy atom. The zero-order valence-electron chi connectivity index (χ0n) is 15.6. The molecule has 0 aliphatic carbocycles. The van der Waals surface area contributed by atoms with Gasteiger partial charge in [0.25, 0.3) is 0 Å². The van der Waals surface area contributed by atoms with Crippen molar-refractivity contribution >= 4 is 16.9 Å². The second kappa shape index (κ2) is 6.36. The molecule has 0 atom stereocenters. The maximum Gasteiger partial charge on any atom is 0.153 e. The van der Waals surface area contributed by atoms with Crippen LogP contribution in [0.5, 0.6) is 0 Å². The summed E-state index contributed by atoms with van der Waals surface area (Å²) in [5, 5.41) is 11.0. The van der Waals surface area contributed by atoms with Crippen molar-refractivity contribution in [1.29, 1.82) is 0 Å². The smallest absolute Gasteiger partial charge is 0.153 e. The van der Waals surface area contributed by atoms with Crippen LogP contribution in [-0.2, 0) is 6.61 Å². The minimum absolute atomic E-state index is 0.114. The summed E-state index contributed by atoms with van der Waals surface area (Å²) in [5.41, 5.74) is 4.51. The zero-order valence-corrected chi connectivity index (χ0v) is 15.6. The number of nitrogens with one attached hydrogen (secondary N) is 1. The van der Waals surface area contributed by atoms with Crippen LogP contribution in [0.3, 0.4) is 0 Å². The van der Waals surface area contributed by atoms with E-state index in [1.165, 1.54) is 0 Å². The Morgan fingerprint density at radius 1 is 1.19 bits per heavy atom. The number of aryl methyl sites for hydroxylation is 1. The van der Waals surface area contributed by atoms with Crippen LogP contribution >= 0.6 is 0 Å². The first kappa shape index (κ1) is 17.0. The molecule has 1 saturated heterocycles. The van der Waals surface area contributed by atoms with E-state index in [2.05, 4.69) is 28.7 Å². The number of aliphatic hydroxyl groups is 1. The molecule has 1 aliphatic rings. The molecule has 0 amide bonds. The van der Waals surface area contributed by atoms with Crippen LogP contribution in [0.15, 0.2) is 24.5 Å². The lowest BCUT2D eigenvalue weighted by molar-refractivity contribution is 0.268. The van der Waals surface area contributed by atoms with E-state index in [0.29, 0.717) is 11.1 Å². The SMILES string of the molecule is Cc1nc(N2CCC(C)(C)CC2)c(CO)nc1-c1ccnc2[nH]ccc12. The number of fused-ring (bicyclic) bond motifs is 1. The summed E-state index contributed by atoms with van der Waals surface area (Å²) in [4.78, 5) is 19.4. The van der Waals surface area contributed by atoms with Gasteiger partial charge in [-0.15, -0.1) is 0 Å². The van der Waals surface area contributed by atoms with E-state index < -0.39 is 0 Å². The lowest BCUT2D eigenvalue weighted by Crippen LogP contribution is -2.38. The quantitative estimate of drug-likeness (QED) is 0.756. The molecule has 0 aromatic carbocycles. The fraction of sp³-hybridized carbons (Fsp3) is 0.450. The number of nitrogens with zero attached hydrogens (tertiary/aromatic N) is 4. The Hall–Kier alpha value is -2.47. The van der Waals surface area contributed by atoms with Crippen molar-refractivity contribution in [1.82, 2.24) is 19.9 Å². The number of pyridine rings is 1. The number of aliphatic hydroxyl groups excluding tert-OH is 1. The Morgan fingerprint density at radius 2 is 1.96 bits per heavy atom. The van der Waals surface area contributed by atoms with E-state index in [1.54, 1.807) is 6.20 Å². The van der Waals surface area contributed by atoms with Crippen LogP contribution in [0.4, 0.5) is 5.82 Å². The fourth-order valence-corrected chi connectivity index (χ4v) is 3.65. The highest BCUT2D eigenvalue weighted by Crippen LogP contribution is 2.34. The molecular weight excluding hydrogens is 326 g/mol. The second-order valence-electron chi connectivity index (χ2n) is 7.84. The lowest BCUT2D eigenvalue weighted by Gasteiger charge is -2.38. The van der Waals surface area contributed by atoms with E-state index in [0.717, 1.165) is 59.7 Å². The van der Waals surface area contributed by atoms with Crippen LogP contribution in [-0.4, -0.2) is 38.1 Å². The molecule has 0 saturated carbocycles. The van der Waals surface area contributed by atoms with Gasteiger partial charge in [0.1, 0.15) is 11.3 Å². The third kappa shape index (κ3) is 2.94. The van der Waals surface area contributed by atoms with Crippen molar-refractivity contribution in [3.63, 3.8) is 0 Å². The topological polar surface area (TPSA) is 77.9 Å². The van der Waals surface area contributed by atoms with Crippen molar-refractivity contribution in [2.24, 2.45) is 5.41 Å². The predicted molar refractivity (Wildman–Crippen MR) is 103 cm³/mol. The Labute approximate surface area is 153 Å². The highest BCUT2D eigenvalue weighted by Gasteiger charge is 2.28. The number of rotatable bonds is 3. The summed E-state index contributed by atoms with van der Waals surface area (Å²) in [6, 6.07) is 3.95. The molecule has 3 aromatic rings. The molecular formula is C20H25N5O. The largest absolute Gasteiger partial charge is 0.390 e. The van der Waals surface area contributed by atoms with E-state index in [-0.39, 0.29) is 6.61 Å². The maximum absolute atomic E-state index is 9.94. The Bertz CT molecular complexity index is 937. The predicted octanol–water partition coefficient (Wildman–Crippen LogP) is 3.45. The molecule has 4 rings (SSSR count). The van der Waals surface area contributed by atoms with Gasteiger partial charge in [-0.1, -0.05) is 13.8 Å². The summed E-state index contributed by atoms with van der Waals surface area (Å²) < 4.78 is 0. The number of hydrogen-bond donors (Lipinski definition) is 2. The van der Waals surface area contributed by atoms with Crippen LogP contribution in [0, 0.1) is 12.3 Å². The molecule has 3 aromatic heterocycles. The highest BCUT2D eigenvalue weighted by molar-refractivity contribution is 5.92. The molecule has 1 aliphatic heterocycles. The summed E-state index contributed by atoms with van der Waals surface area (Å²) >= 11 is 0. The van der Waals surface area contributed by atoms with Gasteiger partial charge < -0.3 is 15.0 Å². The van der Waals surface area contributed by atoms with E-state index in [1.807, 2.05) is 25.3 Å². The highest BCUT2D eigenvalue weighted by atomic mass is 16.3. The minimum Gasteiger partial charge on any atom is -0.390 e.